The number of aromatic nitrogens is 2. The third kappa shape index (κ3) is 3.64. The minimum absolute atomic E-state index is 0.222. The normalized spacial score (nSPS) is 11.8. The van der Waals surface area contributed by atoms with Gasteiger partial charge in [-0.05, 0) is 39.3 Å². The standard InChI is InChI=1S/C14H17BrN2O2/c1-9-10(6-5-7-11(9)15)13-16-12(19-17-13)8-18-14(2,3)4/h5-7H,8H2,1-4H3. The van der Waals surface area contributed by atoms with Gasteiger partial charge in [-0.15, -0.1) is 0 Å². The zero-order chi connectivity index (χ0) is 14.0. The summed E-state index contributed by atoms with van der Waals surface area (Å²) in [6, 6.07) is 5.91. The summed E-state index contributed by atoms with van der Waals surface area (Å²) in [7, 11) is 0. The average molecular weight is 325 g/mol. The van der Waals surface area contributed by atoms with Gasteiger partial charge in [-0.1, -0.05) is 33.2 Å². The molecule has 102 valence electrons. The first-order valence-corrected chi connectivity index (χ1v) is 6.88. The molecule has 2 aromatic rings. The highest BCUT2D eigenvalue weighted by atomic mass is 79.9. The lowest BCUT2D eigenvalue weighted by Crippen LogP contribution is -2.18. The molecular weight excluding hydrogens is 308 g/mol. The predicted molar refractivity (Wildman–Crippen MR) is 76.7 cm³/mol. The lowest BCUT2D eigenvalue weighted by atomic mass is 10.1. The van der Waals surface area contributed by atoms with Crippen molar-refractivity contribution >= 4 is 15.9 Å². The van der Waals surface area contributed by atoms with Crippen LogP contribution in [0, 0.1) is 6.92 Å². The molecule has 0 bridgehead atoms. The van der Waals surface area contributed by atoms with Crippen molar-refractivity contribution in [3.8, 4) is 11.4 Å². The van der Waals surface area contributed by atoms with Crippen LogP contribution in [0.2, 0.25) is 0 Å². The highest BCUT2D eigenvalue weighted by Crippen LogP contribution is 2.26. The van der Waals surface area contributed by atoms with Crippen molar-refractivity contribution in [3.63, 3.8) is 0 Å². The van der Waals surface area contributed by atoms with Gasteiger partial charge in [0.25, 0.3) is 5.89 Å². The van der Waals surface area contributed by atoms with Crippen LogP contribution >= 0.6 is 15.9 Å². The van der Waals surface area contributed by atoms with Crippen LogP contribution in [-0.2, 0) is 11.3 Å². The maximum absolute atomic E-state index is 5.61. The molecular formula is C14H17BrN2O2. The Morgan fingerprint density at radius 1 is 1.32 bits per heavy atom. The summed E-state index contributed by atoms with van der Waals surface area (Å²) in [6.45, 7) is 8.30. The second kappa shape index (κ2) is 5.43. The summed E-state index contributed by atoms with van der Waals surface area (Å²) in [6.07, 6.45) is 0. The van der Waals surface area contributed by atoms with Gasteiger partial charge in [0.05, 0.1) is 5.60 Å². The van der Waals surface area contributed by atoms with Gasteiger partial charge in [0, 0.05) is 10.0 Å². The van der Waals surface area contributed by atoms with Crippen LogP contribution in [0.5, 0.6) is 0 Å². The molecule has 0 fully saturated rings. The van der Waals surface area contributed by atoms with Crippen molar-refractivity contribution in [2.45, 2.75) is 39.9 Å². The van der Waals surface area contributed by atoms with Crippen LogP contribution in [0.4, 0.5) is 0 Å². The highest BCUT2D eigenvalue weighted by Gasteiger charge is 2.15. The Labute approximate surface area is 121 Å². The molecule has 4 nitrogen and oxygen atoms in total. The molecule has 0 aliphatic heterocycles. The number of hydrogen-bond acceptors (Lipinski definition) is 4. The van der Waals surface area contributed by atoms with E-state index in [-0.39, 0.29) is 5.60 Å². The second-order valence-corrected chi connectivity index (χ2v) is 6.18. The van der Waals surface area contributed by atoms with Crippen LogP contribution in [0.15, 0.2) is 27.2 Å². The quantitative estimate of drug-likeness (QED) is 0.851. The Morgan fingerprint density at radius 2 is 2.05 bits per heavy atom. The summed E-state index contributed by atoms with van der Waals surface area (Å²) in [5.41, 5.74) is 1.83. The molecule has 1 heterocycles. The average Bonchev–Trinajstić information content (AvgIpc) is 2.78. The number of ether oxygens (including phenoxy) is 1. The Bertz CT molecular complexity index is 573. The fraction of sp³-hybridized carbons (Fsp3) is 0.429. The molecule has 5 heteroatoms. The first-order chi connectivity index (χ1) is 8.87. The number of nitrogens with zero attached hydrogens (tertiary/aromatic N) is 2. The van der Waals surface area contributed by atoms with Crippen molar-refractivity contribution < 1.29 is 9.26 Å². The molecule has 0 saturated heterocycles. The zero-order valence-corrected chi connectivity index (χ0v) is 13.1. The van der Waals surface area contributed by atoms with Gasteiger partial charge in [-0.25, -0.2) is 0 Å². The van der Waals surface area contributed by atoms with Gasteiger partial charge < -0.3 is 9.26 Å². The van der Waals surface area contributed by atoms with Crippen LogP contribution in [0.25, 0.3) is 11.4 Å². The Hall–Kier alpha value is -1.20. The summed E-state index contributed by atoms with van der Waals surface area (Å²) in [5, 5.41) is 4.00. The van der Waals surface area contributed by atoms with E-state index in [1.54, 1.807) is 0 Å². The van der Waals surface area contributed by atoms with Crippen LogP contribution < -0.4 is 0 Å². The van der Waals surface area contributed by atoms with Crippen molar-refractivity contribution in [2.75, 3.05) is 0 Å². The minimum atomic E-state index is -0.222. The van der Waals surface area contributed by atoms with Gasteiger partial charge in [0.2, 0.25) is 5.82 Å². The molecule has 0 unspecified atom stereocenters. The highest BCUT2D eigenvalue weighted by molar-refractivity contribution is 9.10. The molecule has 0 N–H and O–H groups in total. The number of benzene rings is 1. The van der Waals surface area contributed by atoms with E-state index in [9.17, 15) is 0 Å². The van der Waals surface area contributed by atoms with Gasteiger partial charge in [0.15, 0.2) is 0 Å². The monoisotopic (exact) mass is 324 g/mol. The van der Waals surface area contributed by atoms with E-state index >= 15 is 0 Å². The summed E-state index contributed by atoms with van der Waals surface area (Å²) in [4.78, 5) is 4.36. The van der Waals surface area contributed by atoms with Crippen molar-refractivity contribution in [1.29, 1.82) is 0 Å². The molecule has 0 radical (unpaired) electrons. The largest absolute Gasteiger partial charge is 0.366 e. The summed E-state index contributed by atoms with van der Waals surface area (Å²) < 4.78 is 11.9. The van der Waals surface area contributed by atoms with E-state index in [1.807, 2.05) is 45.9 Å². The molecule has 1 aromatic carbocycles. The van der Waals surface area contributed by atoms with Crippen molar-refractivity contribution in [1.82, 2.24) is 10.1 Å². The Morgan fingerprint density at radius 3 is 2.74 bits per heavy atom. The second-order valence-electron chi connectivity index (χ2n) is 5.33. The van der Waals surface area contributed by atoms with Crippen molar-refractivity contribution in [2.24, 2.45) is 0 Å². The lowest BCUT2D eigenvalue weighted by molar-refractivity contribution is -0.0260. The van der Waals surface area contributed by atoms with Gasteiger partial charge in [-0.3, -0.25) is 0 Å². The number of rotatable bonds is 3. The first-order valence-electron chi connectivity index (χ1n) is 6.09. The van der Waals surface area contributed by atoms with E-state index in [4.69, 9.17) is 9.26 Å². The summed E-state index contributed by atoms with van der Waals surface area (Å²) >= 11 is 3.50. The van der Waals surface area contributed by atoms with Crippen LogP contribution in [0.3, 0.4) is 0 Å². The molecule has 0 aliphatic rings. The maximum atomic E-state index is 5.61. The van der Waals surface area contributed by atoms with Crippen LogP contribution in [0.1, 0.15) is 32.2 Å². The Kier molecular flexibility index (Phi) is 4.06. The van der Waals surface area contributed by atoms with Gasteiger partial charge in [0.1, 0.15) is 6.61 Å². The SMILES string of the molecule is Cc1c(Br)cccc1-c1noc(COC(C)(C)C)n1. The smallest absolute Gasteiger partial charge is 0.252 e. The zero-order valence-electron chi connectivity index (χ0n) is 11.5. The third-order valence-corrected chi connectivity index (χ3v) is 3.46. The van der Waals surface area contributed by atoms with E-state index in [2.05, 4.69) is 26.1 Å². The lowest BCUT2D eigenvalue weighted by Gasteiger charge is -2.17. The first kappa shape index (κ1) is 14.2. The fourth-order valence-electron chi connectivity index (χ4n) is 1.55. The topological polar surface area (TPSA) is 48.2 Å². The molecule has 0 spiro atoms. The molecule has 0 atom stereocenters. The van der Waals surface area contributed by atoms with E-state index in [0.717, 1.165) is 15.6 Å². The third-order valence-electron chi connectivity index (χ3n) is 2.61. The molecule has 0 aliphatic carbocycles. The number of halogens is 1. The fourth-order valence-corrected chi connectivity index (χ4v) is 1.92. The predicted octanol–water partition coefficient (Wildman–Crippen LogP) is 4.12. The number of hydrogen-bond donors (Lipinski definition) is 0. The van der Waals surface area contributed by atoms with Crippen LogP contribution in [-0.4, -0.2) is 15.7 Å². The molecule has 1 aromatic heterocycles. The Balaban J connectivity index is 2.19. The summed E-state index contributed by atoms with van der Waals surface area (Å²) in [5.74, 6) is 1.08. The van der Waals surface area contributed by atoms with Crippen molar-refractivity contribution in [3.05, 3.63) is 34.1 Å². The molecule has 0 saturated carbocycles. The van der Waals surface area contributed by atoms with Gasteiger partial charge in [-0.2, -0.15) is 4.98 Å². The molecule has 0 amide bonds. The van der Waals surface area contributed by atoms with E-state index < -0.39 is 0 Å². The van der Waals surface area contributed by atoms with E-state index in [1.165, 1.54) is 0 Å². The molecule has 2 rings (SSSR count). The van der Waals surface area contributed by atoms with Gasteiger partial charge >= 0.3 is 0 Å². The minimum Gasteiger partial charge on any atom is -0.366 e. The maximum Gasteiger partial charge on any atom is 0.252 e. The van der Waals surface area contributed by atoms with E-state index in [0.29, 0.717) is 18.3 Å². The molecule has 19 heavy (non-hydrogen) atoms.